The zero-order chi connectivity index (χ0) is 18.2. The molecule has 0 spiro atoms. The van der Waals surface area contributed by atoms with E-state index in [1.54, 1.807) is 6.20 Å². The van der Waals surface area contributed by atoms with Gasteiger partial charge < -0.3 is 15.4 Å². The maximum atomic E-state index is 5.90. The summed E-state index contributed by atoms with van der Waals surface area (Å²) < 4.78 is 5.60. The van der Waals surface area contributed by atoms with E-state index < -0.39 is 0 Å². The van der Waals surface area contributed by atoms with E-state index in [1.165, 1.54) is 5.56 Å². The fourth-order valence-electron chi connectivity index (χ4n) is 2.40. The van der Waals surface area contributed by atoms with Gasteiger partial charge in [-0.25, -0.2) is 0 Å². The molecule has 0 radical (unpaired) electrons. The first-order chi connectivity index (χ1) is 12.7. The minimum atomic E-state index is 0.411. The molecule has 26 heavy (non-hydrogen) atoms. The Morgan fingerprint density at radius 2 is 1.88 bits per heavy atom. The molecule has 0 saturated heterocycles. The van der Waals surface area contributed by atoms with Gasteiger partial charge in [-0.05, 0) is 43.2 Å². The largest absolute Gasteiger partial charge is 0.492 e. The van der Waals surface area contributed by atoms with Crippen molar-refractivity contribution in [1.82, 2.24) is 15.2 Å². The van der Waals surface area contributed by atoms with Crippen LogP contribution in [0.4, 0.5) is 17.5 Å². The lowest BCUT2D eigenvalue weighted by molar-refractivity contribution is 0.342. The summed E-state index contributed by atoms with van der Waals surface area (Å²) in [5, 5.41) is 15.2. The Labute approximate surface area is 157 Å². The summed E-state index contributed by atoms with van der Waals surface area (Å²) in [7, 11) is 0. The molecule has 7 heteroatoms. The summed E-state index contributed by atoms with van der Waals surface area (Å²) in [6.07, 6.45) is 2.46. The number of ether oxygens (including phenoxy) is 1. The lowest BCUT2D eigenvalue weighted by Crippen LogP contribution is -2.09. The summed E-state index contributed by atoms with van der Waals surface area (Å²) in [5.41, 5.74) is 2.00. The third kappa shape index (κ3) is 5.07. The van der Waals surface area contributed by atoms with Gasteiger partial charge in [0.2, 0.25) is 5.95 Å². The van der Waals surface area contributed by atoms with Gasteiger partial charge in [0.15, 0.2) is 5.82 Å². The normalized spacial score (nSPS) is 10.4. The van der Waals surface area contributed by atoms with E-state index in [1.807, 2.05) is 55.5 Å². The monoisotopic (exact) mass is 369 g/mol. The van der Waals surface area contributed by atoms with Crippen molar-refractivity contribution >= 4 is 29.1 Å². The molecule has 0 saturated carbocycles. The number of nitrogens with zero attached hydrogens (tertiary/aromatic N) is 3. The number of benzene rings is 2. The molecular formula is C19H20ClN5O. The van der Waals surface area contributed by atoms with Gasteiger partial charge in [-0.2, -0.15) is 10.1 Å². The number of hydrogen-bond donors (Lipinski definition) is 2. The van der Waals surface area contributed by atoms with Gasteiger partial charge in [0.1, 0.15) is 5.75 Å². The Morgan fingerprint density at radius 3 is 2.69 bits per heavy atom. The molecule has 0 aliphatic rings. The first kappa shape index (κ1) is 17.9. The Hall–Kier alpha value is -2.86. The minimum absolute atomic E-state index is 0.411. The molecule has 134 valence electrons. The molecule has 0 bridgehead atoms. The lowest BCUT2D eigenvalue weighted by Gasteiger charge is -2.11. The van der Waals surface area contributed by atoms with Crippen molar-refractivity contribution in [3.05, 3.63) is 65.3 Å². The van der Waals surface area contributed by atoms with Crippen LogP contribution in [0.2, 0.25) is 5.02 Å². The van der Waals surface area contributed by atoms with E-state index >= 15 is 0 Å². The molecule has 3 rings (SSSR count). The zero-order valence-electron chi connectivity index (χ0n) is 14.4. The van der Waals surface area contributed by atoms with Crippen molar-refractivity contribution < 1.29 is 4.74 Å². The van der Waals surface area contributed by atoms with Crippen molar-refractivity contribution in [3.8, 4) is 5.75 Å². The highest BCUT2D eigenvalue weighted by Gasteiger charge is 2.06. The van der Waals surface area contributed by atoms with Crippen molar-refractivity contribution in [1.29, 1.82) is 0 Å². The average Bonchev–Trinajstić information content (AvgIpc) is 2.66. The number of aromatic nitrogens is 3. The summed E-state index contributed by atoms with van der Waals surface area (Å²) >= 11 is 5.90. The highest BCUT2D eigenvalue weighted by atomic mass is 35.5. The van der Waals surface area contributed by atoms with Crippen LogP contribution in [0, 0.1) is 0 Å². The van der Waals surface area contributed by atoms with Gasteiger partial charge >= 0.3 is 0 Å². The topological polar surface area (TPSA) is 72.0 Å². The van der Waals surface area contributed by atoms with Gasteiger partial charge in [0.05, 0.1) is 18.5 Å². The van der Waals surface area contributed by atoms with Crippen LogP contribution in [-0.4, -0.2) is 28.3 Å². The van der Waals surface area contributed by atoms with Crippen LogP contribution in [0.15, 0.2) is 54.7 Å². The Bertz CT molecular complexity index is 841. The Morgan fingerprint density at radius 1 is 1.08 bits per heavy atom. The third-order valence-electron chi connectivity index (χ3n) is 3.63. The van der Waals surface area contributed by atoms with Crippen molar-refractivity contribution in [3.63, 3.8) is 0 Å². The van der Waals surface area contributed by atoms with Crippen LogP contribution in [0.1, 0.15) is 12.5 Å². The SMILES string of the molecule is CCOc1ccccc1Nc1nncc(NCCc2ccc(Cl)cc2)n1. The van der Waals surface area contributed by atoms with Gasteiger partial charge in [-0.3, -0.25) is 0 Å². The Kier molecular flexibility index (Phi) is 6.22. The molecule has 0 aliphatic heterocycles. The summed E-state index contributed by atoms with van der Waals surface area (Å²) in [6, 6.07) is 15.5. The van der Waals surface area contributed by atoms with E-state index in [4.69, 9.17) is 16.3 Å². The summed E-state index contributed by atoms with van der Waals surface area (Å²) in [5.74, 6) is 1.82. The maximum Gasteiger partial charge on any atom is 0.249 e. The van der Waals surface area contributed by atoms with Crippen LogP contribution in [0.25, 0.3) is 0 Å². The van der Waals surface area contributed by atoms with Gasteiger partial charge in [-0.15, -0.1) is 5.10 Å². The van der Waals surface area contributed by atoms with Gasteiger partial charge in [0, 0.05) is 11.6 Å². The molecule has 0 unspecified atom stereocenters. The molecule has 0 fully saturated rings. The van der Waals surface area contributed by atoms with Crippen LogP contribution in [0.5, 0.6) is 5.75 Å². The van der Waals surface area contributed by atoms with E-state index in [0.29, 0.717) is 18.4 Å². The number of nitrogens with one attached hydrogen (secondary N) is 2. The Balaban J connectivity index is 1.60. The van der Waals surface area contributed by atoms with Crippen molar-refractivity contribution in [2.75, 3.05) is 23.8 Å². The second-order valence-corrected chi connectivity index (χ2v) is 5.96. The summed E-state index contributed by atoms with van der Waals surface area (Å²) in [4.78, 5) is 4.44. The molecule has 3 aromatic rings. The quantitative estimate of drug-likeness (QED) is 0.616. The molecule has 0 aliphatic carbocycles. The second-order valence-electron chi connectivity index (χ2n) is 5.52. The van der Waals surface area contributed by atoms with Gasteiger partial charge in [-0.1, -0.05) is 35.9 Å². The molecule has 6 nitrogen and oxygen atoms in total. The lowest BCUT2D eigenvalue weighted by atomic mass is 10.1. The van der Waals surface area contributed by atoms with Crippen LogP contribution in [0.3, 0.4) is 0 Å². The second kappa shape index (κ2) is 9.01. The number of anilines is 3. The highest BCUT2D eigenvalue weighted by molar-refractivity contribution is 6.30. The molecule has 0 amide bonds. The fraction of sp³-hybridized carbons (Fsp3) is 0.211. The third-order valence-corrected chi connectivity index (χ3v) is 3.88. The van der Waals surface area contributed by atoms with Crippen LogP contribution in [-0.2, 0) is 6.42 Å². The first-order valence-electron chi connectivity index (χ1n) is 8.41. The maximum absolute atomic E-state index is 5.90. The molecule has 1 aromatic heterocycles. The molecule has 2 N–H and O–H groups in total. The number of para-hydroxylation sites is 2. The average molecular weight is 370 g/mol. The number of rotatable bonds is 8. The molecule has 0 atom stereocenters. The smallest absolute Gasteiger partial charge is 0.249 e. The number of halogens is 1. The molecule has 2 aromatic carbocycles. The van der Waals surface area contributed by atoms with Gasteiger partial charge in [0.25, 0.3) is 0 Å². The van der Waals surface area contributed by atoms with E-state index in [-0.39, 0.29) is 0 Å². The minimum Gasteiger partial charge on any atom is -0.492 e. The first-order valence-corrected chi connectivity index (χ1v) is 8.79. The van der Waals surface area contributed by atoms with Crippen LogP contribution < -0.4 is 15.4 Å². The molecular weight excluding hydrogens is 350 g/mol. The van der Waals surface area contributed by atoms with Crippen molar-refractivity contribution in [2.24, 2.45) is 0 Å². The highest BCUT2D eigenvalue weighted by Crippen LogP contribution is 2.26. The predicted octanol–water partition coefficient (Wildman–Crippen LogP) is 4.32. The number of hydrogen-bond acceptors (Lipinski definition) is 6. The molecule has 1 heterocycles. The zero-order valence-corrected chi connectivity index (χ0v) is 15.2. The summed E-state index contributed by atoms with van der Waals surface area (Å²) in [6.45, 7) is 3.26. The van der Waals surface area contributed by atoms with E-state index in [2.05, 4.69) is 25.8 Å². The van der Waals surface area contributed by atoms with E-state index in [0.717, 1.165) is 29.4 Å². The van der Waals surface area contributed by atoms with Crippen molar-refractivity contribution in [2.45, 2.75) is 13.3 Å². The van der Waals surface area contributed by atoms with Crippen LogP contribution >= 0.6 is 11.6 Å². The standard InChI is InChI=1S/C19H20ClN5O/c1-2-26-17-6-4-3-5-16(17)23-19-24-18(13-22-25-19)21-12-11-14-7-9-15(20)10-8-14/h3-10,13H,2,11-12H2,1H3,(H2,21,23,24,25). The predicted molar refractivity (Wildman–Crippen MR) is 104 cm³/mol. The fourth-order valence-corrected chi connectivity index (χ4v) is 2.53. The van der Waals surface area contributed by atoms with E-state index in [9.17, 15) is 0 Å².